The van der Waals surface area contributed by atoms with Crippen molar-refractivity contribution in [2.24, 2.45) is 5.92 Å². The second-order valence-electron chi connectivity index (χ2n) is 4.82. The van der Waals surface area contributed by atoms with Crippen LogP contribution in [-0.2, 0) is 0 Å². The minimum atomic E-state index is -0.499. The molecule has 0 bridgehead atoms. The molecule has 0 spiro atoms. The predicted molar refractivity (Wildman–Crippen MR) is 64.3 cm³/mol. The summed E-state index contributed by atoms with van der Waals surface area (Å²) in [5.74, 6) is 0.0780. The number of carbonyl (C=O) groups is 1. The number of hydrogen-bond donors (Lipinski definition) is 0. The van der Waals surface area contributed by atoms with Gasteiger partial charge in [0.25, 0.3) is 0 Å². The molecule has 0 N–H and O–H groups in total. The first-order valence-corrected chi connectivity index (χ1v) is 6.40. The third-order valence-corrected chi connectivity index (χ3v) is 3.58. The van der Waals surface area contributed by atoms with E-state index in [1.54, 1.807) is 0 Å². The van der Waals surface area contributed by atoms with Gasteiger partial charge in [-0.05, 0) is 18.4 Å². The number of aromatic nitrogens is 1. The third-order valence-electron chi connectivity index (χ3n) is 3.58. The van der Waals surface area contributed by atoms with E-state index in [1.165, 1.54) is 44.4 Å². The van der Waals surface area contributed by atoms with Crippen molar-refractivity contribution in [3.8, 4) is 0 Å². The molecule has 3 heteroatoms. The standard InChI is InChI=1S/C14H18FNO/c15-13-10-16-9-8-12(13)14(17)7-6-11-4-2-1-3-5-11/h8-11H,1-7H2. The van der Waals surface area contributed by atoms with Gasteiger partial charge in [0.05, 0.1) is 11.8 Å². The largest absolute Gasteiger partial charge is 0.294 e. The summed E-state index contributed by atoms with van der Waals surface area (Å²) in [6, 6.07) is 1.47. The molecular weight excluding hydrogens is 217 g/mol. The molecule has 0 saturated heterocycles. The second kappa shape index (κ2) is 5.89. The van der Waals surface area contributed by atoms with Crippen LogP contribution in [0, 0.1) is 11.7 Å². The molecule has 2 rings (SSSR count). The van der Waals surface area contributed by atoms with Crippen LogP contribution in [0.25, 0.3) is 0 Å². The summed E-state index contributed by atoms with van der Waals surface area (Å²) in [5, 5.41) is 0. The Bertz CT molecular complexity index is 386. The van der Waals surface area contributed by atoms with E-state index >= 15 is 0 Å². The molecular formula is C14H18FNO. The molecule has 92 valence electrons. The molecule has 1 aromatic rings. The van der Waals surface area contributed by atoms with E-state index in [4.69, 9.17) is 0 Å². The Balaban J connectivity index is 1.87. The SMILES string of the molecule is O=C(CCC1CCCCC1)c1ccncc1F. The molecule has 1 aliphatic rings. The third kappa shape index (κ3) is 3.35. The maximum absolute atomic E-state index is 13.3. The fourth-order valence-corrected chi connectivity index (χ4v) is 2.55. The highest BCUT2D eigenvalue weighted by Crippen LogP contribution is 2.27. The van der Waals surface area contributed by atoms with Crippen molar-refractivity contribution in [2.45, 2.75) is 44.9 Å². The topological polar surface area (TPSA) is 30.0 Å². The highest BCUT2D eigenvalue weighted by atomic mass is 19.1. The van der Waals surface area contributed by atoms with Gasteiger partial charge in [-0.1, -0.05) is 32.1 Å². The second-order valence-corrected chi connectivity index (χ2v) is 4.82. The van der Waals surface area contributed by atoms with Crippen LogP contribution in [0.4, 0.5) is 4.39 Å². The van der Waals surface area contributed by atoms with Crippen LogP contribution < -0.4 is 0 Å². The van der Waals surface area contributed by atoms with Gasteiger partial charge in [0.15, 0.2) is 11.6 Å². The predicted octanol–water partition coefficient (Wildman–Crippen LogP) is 3.76. The van der Waals surface area contributed by atoms with E-state index in [9.17, 15) is 9.18 Å². The van der Waals surface area contributed by atoms with Crippen molar-refractivity contribution in [1.29, 1.82) is 0 Å². The molecule has 17 heavy (non-hydrogen) atoms. The minimum Gasteiger partial charge on any atom is -0.294 e. The Labute approximate surface area is 101 Å². The van der Waals surface area contributed by atoms with Gasteiger partial charge in [0.2, 0.25) is 0 Å². The molecule has 0 aromatic carbocycles. The number of nitrogens with zero attached hydrogens (tertiary/aromatic N) is 1. The zero-order valence-corrected chi connectivity index (χ0v) is 9.99. The van der Waals surface area contributed by atoms with Gasteiger partial charge < -0.3 is 0 Å². The van der Waals surface area contributed by atoms with Crippen LogP contribution in [0.5, 0.6) is 0 Å². The quantitative estimate of drug-likeness (QED) is 0.744. The Morgan fingerprint density at radius 1 is 1.35 bits per heavy atom. The van der Waals surface area contributed by atoms with Crippen molar-refractivity contribution in [3.05, 3.63) is 29.8 Å². The van der Waals surface area contributed by atoms with E-state index in [0.29, 0.717) is 12.3 Å². The maximum atomic E-state index is 13.3. The summed E-state index contributed by atoms with van der Waals surface area (Å²) < 4.78 is 13.3. The lowest BCUT2D eigenvalue weighted by Gasteiger charge is -2.20. The van der Waals surface area contributed by atoms with E-state index in [-0.39, 0.29) is 11.3 Å². The monoisotopic (exact) mass is 235 g/mol. The van der Waals surface area contributed by atoms with Crippen molar-refractivity contribution in [1.82, 2.24) is 4.98 Å². The fraction of sp³-hybridized carbons (Fsp3) is 0.571. The van der Waals surface area contributed by atoms with E-state index in [0.717, 1.165) is 12.6 Å². The molecule has 0 unspecified atom stereocenters. The number of ketones is 1. The maximum Gasteiger partial charge on any atom is 0.165 e. The molecule has 1 aliphatic carbocycles. The van der Waals surface area contributed by atoms with Crippen LogP contribution in [-0.4, -0.2) is 10.8 Å². The van der Waals surface area contributed by atoms with Crippen LogP contribution >= 0.6 is 0 Å². The first kappa shape index (κ1) is 12.2. The molecule has 0 radical (unpaired) electrons. The summed E-state index contributed by atoms with van der Waals surface area (Å²) in [6.45, 7) is 0. The zero-order valence-electron chi connectivity index (χ0n) is 9.99. The van der Waals surface area contributed by atoms with Crippen LogP contribution in [0.3, 0.4) is 0 Å². The molecule has 0 aliphatic heterocycles. The van der Waals surface area contributed by atoms with Crippen molar-refractivity contribution >= 4 is 5.78 Å². The average Bonchev–Trinajstić information content (AvgIpc) is 2.38. The van der Waals surface area contributed by atoms with Crippen LogP contribution in [0.1, 0.15) is 55.3 Å². The van der Waals surface area contributed by atoms with Crippen molar-refractivity contribution in [2.75, 3.05) is 0 Å². The van der Waals surface area contributed by atoms with Crippen molar-refractivity contribution in [3.63, 3.8) is 0 Å². The fourth-order valence-electron chi connectivity index (χ4n) is 2.55. The van der Waals surface area contributed by atoms with E-state index < -0.39 is 5.82 Å². The number of rotatable bonds is 4. The Morgan fingerprint density at radius 3 is 2.82 bits per heavy atom. The first-order chi connectivity index (χ1) is 8.27. The summed E-state index contributed by atoms with van der Waals surface area (Å²) in [7, 11) is 0. The summed E-state index contributed by atoms with van der Waals surface area (Å²) >= 11 is 0. The summed E-state index contributed by atoms with van der Waals surface area (Å²) in [5.41, 5.74) is 0.191. The number of pyridine rings is 1. The average molecular weight is 235 g/mol. The number of halogens is 1. The lowest BCUT2D eigenvalue weighted by Crippen LogP contribution is -2.10. The molecule has 1 saturated carbocycles. The number of Topliss-reactive ketones (excluding diaryl/α,β-unsaturated/α-hetero) is 1. The normalized spacial score (nSPS) is 17.0. The Hall–Kier alpha value is -1.25. The molecule has 2 nitrogen and oxygen atoms in total. The van der Waals surface area contributed by atoms with E-state index in [2.05, 4.69) is 4.98 Å². The van der Waals surface area contributed by atoms with Crippen molar-refractivity contribution < 1.29 is 9.18 Å². The molecule has 1 fully saturated rings. The lowest BCUT2D eigenvalue weighted by atomic mass is 9.85. The van der Waals surface area contributed by atoms with Crippen LogP contribution in [0.15, 0.2) is 18.5 Å². The van der Waals surface area contributed by atoms with Gasteiger partial charge in [0, 0.05) is 12.6 Å². The molecule has 1 aromatic heterocycles. The van der Waals surface area contributed by atoms with Gasteiger partial charge >= 0.3 is 0 Å². The highest BCUT2D eigenvalue weighted by Gasteiger charge is 2.17. The van der Waals surface area contributed by atoms with E-state index in [1.807, 2.05) is 0 Å². The first-order valence-electron chi connectivity index (χ1n) is 6.40. The summed E-state index contributed by atoms with van der Waals surface area (Å²) in [6.07, 6.45) is 10.3. The number of hydrogen-bond acceptors (Lipinski definition) is 2. The number of carbonyl (C=O) groups excluding carboxylic acids is 1. The summed E-state index contributed by atoms with van der Waals surface area (Å²) in [4.78, 5) is 15.5. The van der Waals surface area contributed by atoms with Gasteiger partial charge in [-0.25, -0.2) is 4.39 Å². The van der Waals surface area contributed by atoms with Gasteiger partial charge in [-0.15, -0.1) is 0 Å². The Morgan fingerprint density at radius 2 is 2.12 bits per heavy atom. The molecule has 0 atom stereocenters. The molecule has 1 heterocycles. The van der Waals surface area contributed by atoms with Gasteiger partial charge in [0.1, 0.15) is 0 Å². The highest BCUT2D eigenvalue weighted by molar-refractivity contribution is 5.96. The van der Waals surface area contributed by atoms with Crippen LogP contribution in [0.2, 0.25) is 0 Å². The smallest absolute Gasteiger partial charge is 0.165 e. The molecule has 0 amide bonds. The zero-order chi connectivity index (χ0) is 12.1. The Kier molecular flexibility index (Phi) is 4.24. The lowest BCUT2D eigenvalue weighted by molar-refractivity contribution is 0.0966. The minimum absolute atomic E-state index is 0.0875. The van der Waals surface area contributed by atoms with Gasteiger partial charge in [-0.2, -0.15) is 0 Å². The van der Waals surface area contributed by atoms with Gasteiger partial charge in [-0.3, -0.25) is 9.78 Å².